The molecule has 0 aliphatic carbocycles. The molecule has 0 fully saturated rings. The van der Waals surface area contributed by atoms with Gasteiger partial charge < -0.3 is 15.5 Å². The average Bonchev–Trinajstić information content (AvgIpc) is 2.79. The van der Waals surface area contributed by atoms with E-state index in [4.69, 9.17) is 6.42 Å². The quantitative estimate of drug-likeness (QED) is 0.480. The lowest BCUT2D eigenvalue weighted by Gasteiger charge is -2.34. The summed E-state index contributed by atoms with van der Waals surface area (Å²) in [5.74, 6) is 3.28. The Balaban J connectivity index is 1.90. The van der Waals surface area contributed by atoms with Crippen molar-refractivity contribution in [2.75, 3.05) is 10.6 Å². The van der Waals surface area contributed by atoms with Crippen LogP contribution < -0.4 is 10.6 Å². The minimum absolute atomic E-state index is 0.101. The molecular formula is C25H29N5O. The second-order valence-corrected chi connectivity index (χ2v) is 7.66. The van der Waals surface area contributed by atoms with Gasteiger partial charge in [-0.2, -0.15) is 0 Å². The third-order valence-corrected chi connectivity index (χ3v) is 5.54. The summed E-state index contributed by atoms with van der Waals surface area (Å²) in [6, 6.07) is 13.4. The van der Waals surface area contributed by atoms with Gasteiger partial charge in [-0.3, -0.25) is 0 Å². The van der Waals surface area contributed by atoms with Crippen LogP contribution in [0.5, 0.6) is 0 Å². The van der Waals surface area contributed by atoms with Crippen molar-refractivity contribution < 1.29 is 4.79 Å². The molecule has 0 saturated carbocycles. The zero-order valence-corrected chi connectivity index (χ0v) is 18.5. The van der Waals surface area contributed by atoms with Crippen molar-refractivity contribution in [1.29, 1.82) is 0 Å². The summed E-state index contributed by atoms with van der Waals surface area (Å²) in [4.78, 5) is 23.7. The number of amides is 2. The molecule has 31 heavy (non-hydrogen) atoms. The molecule has 0 radical (unpaired) electrons. The predicted molar refractivity (Wildman–Crippen MR) is 128 cm³/mol. The van der Waals surface area contributed by atoms with Gasteiger partial charge in [0, 0.05) is 34.4 Å². The van der Waals surface area contributed by atoms with Gasteiger partial charge in [-0.25, -0.2) is 14.8 Å². The Kier molecular flexibility index (Phi) is 7.09. The number of benzene rings is 2. The van der Waals surface area contributed by atoms with Crippen LogP contribution in [-0.4, -0.2) is 33.0 Å². The second-order valence-electron chi connectivity index (χ2n) is 7.66. The number of nitrogens with zero attached hydrogens (tertiary/aromatic N) is 3. The molecule has 6 nitrogen and oxygen atoms in total. The summed E-state index contributed by atoms with van der Waals surface area (Å²) in [7, 11) is 0. The Bertz CT molecular complexity index is 1090. The first-order valence-electron chi connectivity index (χ1n) is 10.6. The van der Waals surface area contributed by atoms with E-state index in [1.165, 1.54) is 6.33 Å². The normalized spacial score (nSPS) is 12.6. The molecule has 2 unspecified atom stereocenters. The number of carbonyl (C=O) groups is 1. The molecule has 0 bridgehead atoms. The molecule has 1 heterocycles. The van der Waals surface area contributed by atoms with E-state index in [1.807, 2.05) is 47.4 Å². The lowest BCUT2D eigenvalue weighted by Crippen LogP contribution is -2.46. The highest BCUT2D eigenvalue weighted by Crippen LogP contribution is 2.26. The molecule has 160 valence electrons. The van der Waals surface area contributed by atoms with Crippen LogP contribution in [-0.2, 0) is 0 Å². The fourth-order valence-electron chi connectivity index (χ4n) is 3.47. The van der Waals surface area contributed by atoms with Crippen LogP contribution >= 0.6 is 0 Å². The van der Waals surface area contributed by atoms with Crippen LogP contribution in [0.15, 0.2) is 48.8 Å². The predicted octanol–water partition coefficient (Wildman–Crippen LogP) is 5.79. The van der Waals surface area contributed by atoms with Crippen LogP contribution in [0, 0.1) is 12.3 Å². The molecule has 2 N–H and O–H groups in total. The van der Waals surface area contributed by atoms with Crippen molar-refractivity contribution in [2.24, 2.45) is 0 Å². The second kappa shape index (κ2) is 9.94. The van der Waals surface area contributed by atoms with Gasteiger partial charge in [0.05, 0.1) is 5.52 Å². The lowest BCUT2D eigenvalue weighted by molar-refractivity contribution is 0.163. The van der Waals surface area contributed by atoms with Crippen LogP contribution in [0.25, 0.3) is 10.9 Å². The Hall–Kier alpha value is -3.59. The molecule has 3 aromatic rings. The van der Waals surface area contributed by atoms with Gasteiger partial charge in [-0.15, -0.1) is 6.42 Å². The maximum atomic E-state index is 13.0. The first-order valence-corrected chi connectivity index (χ1v) is 10.6. The summed E-state index contributed by atoms with van der Waals surface area (Å²) < 4.78 is 0. The molecule has 2 aromatic carbocycles. The van der Waals surface area contributed by atoms with Crippen LogP contribution in [0.1, 0.15) is 46.1 Å². The summed E-state index contributed by atoms with van der Waals surface area (Å²) in [5.41, 5.74) is 3.10. The van der Waals surface area contributed by atoms with E-state index in [1.54, 1.807) is 0 Å². The molecule has 0 aliphatic rings. The van der Waals surface area contributed by atoms with E-state index in [0.717, 1.165) is 35.0 Å². The standard InChI is InChI=1S/C25H29N5O/c1-6-17(4)30(18(5)7-2)25(31)29-21-12-13-23-22(15-21)24(27-16-26-23)28-20-11-9-10-19(8-3)14-20/h3,9-18H,6-7H2,1-2,4-5H3,(H,29,31)(H,26,27,28). The summed E-state index contributed by atoms with van der Waals surface area (Å²) in [6.45, 7) is 8.33. The highest BCUT2D eigenvalue weighted by atomic mass is 16.2. The largest absolute Gasteiger partial charge is 0.340 e. The van der Waals surface area contributed by atoms with Gasteiger partial charge in [-0.05, 0) is 63.1 Å². The fourth-order valence-corrected chi connectivity index (χ4v) is 3.47. The smallest absolute Gasteiger partial charge is 0.322 e. The van der Waals surface area contributed by atoms with Gasteiger partial charge in [0.25, 0.3) is 0 Å². The van der Waals surface area contributed by atoms with Crippen LogP contribution in [0.4, 0.5) is 22.0 Å². The van der Waals surface area contributed by atoms with E-state index < -0.39 is 0 Å². The number of fused-ring (bicyclic) bond motifs is 1. The van der Waals surface area contributed by atoms with Gasteiger partial charge >= 0.3 is 6.03 Å². The number of anilines is 3. The van der Waals surface area contributed by atoms with E-state index in [0.29, 0.717) is 11.5 Å². The summed E-state index contributed by atoms with van der Waals surface area (Å²) >= 11 is 0. The molecule has 1 aromatic heterocycles. The van der Waals surface area contributed by atoms with Crippen LogP contribution in [0.2, 0.25) is 0 Å². The van der Waals surface area contributed by atoms with E-state index in [9.17, 15) is 4.79 Å². The zero-order valence-electron chi connectivity index (χ0n) is 18.5. The number of carbonyl (C=O) groups excluding carboxylic acids is 1. The Morgan fingerprint density at radius 2 is 1.81 bits per heavy atom. The van der Waals surface area contributed by atoms with Gasteiger partial charge in [0.2, 0.25) is 0 Å². The Morgan fingerprint density at radius 3 is 2.48 bits per heavy atom. The average molecular weight is 416 g/mol. The molecule has 0 spiro atoms. The lowest BCUT2D eigenvalue weighted by atomic mass is 10.1. The maximum absolute atomic E-state index is 13.0. The fraction of sp³-hybridized carbons (Fsp3) is 0.320. The van der Waals surface area contributed by atoms with Crippen molar-refractivity contribution in [3.8, 4) is 12.3 Å². The van der Waals surface area contributed by atoms with E-state index in [2.05, 4.69) is 54.2 Å². The van der Waals surface area contributed by atoms with E-state index in [-0.39, 0.29) is 18.1 Å². The minimum atomic E-state index is -0.101. The topological polar surface area (TPSA) is 70.1 Å². The molecule has 2 amide bonds. The SMILES string of the molecule is C#Cc1cccc(Nc2ncnc3ccc(NC(=O)N(C(C)CC)C(C)CC)cc23)c1. The van der Waals surface area contributed by atoms with Crippen molar-refractivity contribution in [3.05, 3.63) is 54.4 Å². The monoisotopic (exact) mass is 415 g/mol. The number of terminal acetylenes is 1. The number of hydrogen-bond acceptors (Lipinski definition) is 4. The number of hydrogen-bond donors (Lipinski definition) is 2. The molecule has 0 saturated heterocycles. The van der Waals surface area contributed by atoms with Crippen molar-refractivity contribution in [1.82, 2.24) is 14.9 Å². The summed E-state index contributed by atoms with van der Waals surface area (Å²) in [5, 5.41) is 7.17. The van der Waals surface area contributed by atoms with E-state index >= 15 is 0 Å². The first-order chi connectivity index (χ1) is 15.0. The highest BCUT2D eigenvalue weighted by Gasteiger charge is 2.23. The summed E-state index contributed by atoms with van der Waals surface area (Å²) in [6.07, 6.45) is 8.82. The number of rotatable bonds is 7. The van der Waals surface area contributed by atoms with Crippen LogP contribution in [0.3, 0.4) is 0 Å². The zero-order chi connectivity index (χ0) is 22.4. The minimum Gasteiger partial charge on any atom is -0.340 e. The van der Waals surface area contributed by atoms with Crippen molar-refractivity contribution in [2.45, 2.75) is 52.6 Å². The number of nitrogens with one attached hydrogen (secondary N) is 2. The molecule has 3 rings (SSSR count). The third-order valence-electron chi connectivity index (χ3n) is 5.54. The molecule has 6 heteroatoms. The van der Waals surface area contributed by atoms with Gasteiger partial charge in [0.1, 0.15) is 12.1 Å². The first kappa shape index (κ1) is 22.1. The number of urea groups is 1. The maximum Gasteiger partial charge on any atom is 0.322 e. The van der Waals surface area contributed by atoms with Gasteiger partial charge in [-0.1, -0.05) is 25.8 Å². The van der Waals surface area contributed by atoms with Crippen molar-refractivity contribution >= 4 is 34.1 Å². The van der Waals surface area contributed by atoms with Gasteiger partial charge in [0.15, 0.2) is 0 Å². The third kappa shape index (κ3) is 5.13. The van der Waals surface area contributed by atoms with Crippen molar-refractivity contribution in [3.63, 3.8) is 0 Å². The molecular weight excluding hydrogens is 386 g/mol. The Morgan fingerprint density at radius 1 is 1.06 bits per heavy atom. The molecule has 0 aliphatic heterocycles. The molecule has 2 atom stereocenters. The highest BCUT2D eigenvalue weighted by molar-refractivity contribution is 5.97. The number of aromatic nitrogens is 2. The Labute approximate surface area is 184 Å².